The number of carbonyl (C=O) groups is 1. The maximum Gasteiger partial charge on any atom is 0.274 e. The highest BCUT2D eigenvalue weighted by atomic mass is 35.5. The van der Waals surface area contributed by atoms with E-state index in [0.29, 0.717) is 34.6 Å². The summed E-state index contributed by atoms with van der Waals surface area (Å²) < 4.78 is 10.5. The van der Waals surface area contributed by atoms with Crippen molar-refractivity contribution in [2.45, 2.75) is 13.5 Å². The standard InChI is InChI=1S/C18H17ClN4O3/c1-11-21-15(9-17(22-11)20-10-13-4-3-7-26-13)18(24)23-14-8-12(19)5-6-16(14)25-2/h3-9H,10H2,1-2H3,(H,23,24)(H,20,21,22). The number of aryl methyl sites for hydroxylation is 1. The van der Waals surface area contributed by atoms with Crippen LogP contribution in [-0.2, 0) is 6.54 Å². The number of carbonyl (C=O) groups excluding carboxylic acids is 1. The smallest absolute Gasteiger partial charge is 0.274 e. The molecule has 3 rings (SSSR count). The summed E-state index contributed by atoms with van der Waals surface area (Å²) in [6.07, 6.45) is 1.60. The second-order valence-electron chi connectivity index (χ2n) is 5.42. The third kappa shape index (κ3) is 4.31. The van der Waals surface area contributed by atoms with E-state index in [1.807, 2.05) is 6.07 Å². The number of nitrogens with zero attached hydrogens (tertiary/aromatic N) is 2. The number of hydrogen-bond acceptors (Lipinski definition) is 6. The Kier molecular flexibility index (Phi) is 5.38. The first-order valence-electron chi connectivity index (χ1n) is 7.82. The molecular weight excluding hydrogens is 356 g/mol. The number of aromatic nitrogens is 2. The summed E-state index contributed by atoms with van der Waals surface area (Å²) in [7, 11) is 1.52. The van der Waals surface area contributed by atoms with Gasteiger partial charge in [0.05, 0.1) is 25.6 Å². The minimum Gasteiger partial charge on any atom is -0.495 e. The Morgan fingerprint density at radius 2 is 2.12 bits per heavy atom. The lowest BCUT2D eigenvalue weighted by molar-refractivity contribution is 0.102. The Labute approximate surface area is 155 Å². The third-order valence-electron chi connectivity index (χ3n) is 3.50. The molecule has 0 aliphatic carbocycles. The molecule has 8 heteroatoms. The molecular formula is C18H17ClN4O3. The lowest BCUT2D eigenvalue weighted by Crippen LogP contribution is -2.16. The Bertz CT molecular complexity index is 913. The number of hydrogen-bond donors (Lipinski definition) is 2. The highest BCUT2D eigenvalue weighted by Crippen LogP contribution is 2.28. The molecule has 7 nitrogen and oxygen atoms in total. The Morgan fingerprint density at radius 1 is 1.27 bits per heavy atom. The fourth-order valence-corrected chi connectivity index (χ4v) is 2.50. The van der Waals surface area contributed by atoms with Crippen LogP contribution < -0.4 is 15.4 Å². The van der Waals surface area contributed by atoms with Gasteiger partial charge in [-0.15, -0.1) is 0 Å². The molecule has 0 radical (unpaired) electrons. The Balaban J connectivity index is 1.78. The first-order valence-corrected chi connectivity index (χ1v) is 8.20. The Morgan fingerprint density at radius 3 is 2.85 bits per heavy atom. The fourth-order valence-electron chi connectivity index (χ4n) is 2.33. The van der Waals surface area contributed by atoms with Crippen LogP contribution in [0.4, 0.5) is 11.5 Å². The van der Waals surface area contributed by atoms with Crippen LogP contribution in [0, 0.1) is 6.92 Å². The van der Waals surface area contributed by atoms with E-state index in [0.717, 1.165) is 5.76 Å². The molecule has 1 aromatic carbocycles. The van der Waals surface area contributed by atoms with E-state index in [1.165, 1.54) is 7.11 Å². The number of amides is 1. The largest absolute Gasteiger partial charge is 0.495 e. The molecule has 0 fully saturated rings. The first-order chi connectivity index (χ1) is 12.5. The molecule has 0 bridgehead atoms. The molecule has 2 aromatic heterocycles. The third-order valence-corrected chi connectivity index (χ3v) is 3.74. The molecule has 0 saturated heterocycles. The second-order valence-corrected chi connectivity index (χ2v) is 5.85. The molecule has 0 unspecified atom stereocenters. The Hall–Kier alpha value is -3.06. The molecule has 0 aliphatic rings. The van der Waals surface area contributed by atoms with Gasteiger partial charge in [0.1, 0.15) is 28.8 Å². The van der Waals surface area contributed by atoms with Crippen LogP contribution in [0.5, 0.6) is 5.75 Å². The van der Waals surface area contributed by atoms with E-state index in [-0.39, 0.29) is 5.69 Å². The molecule has 1 amide bonds. The number of rotatable bonds is 6. The average molecular weight is 373 g/mol. The molecule has 134 valence electrons. The SMILES string of the molecule is COc1ccc(Cl)cc1NC(=O)c1cc(NCc2ccco2)nc(C)n1. The number of methoxy groups -OCH3 is 1. The van der Waals surface area contributed by atoms with Gasteiger partial charge in [0.2, 0.25) is 0 Å². The summed E-state index contributed by atoms with van der Waals surface area (Å²) in [5.74, 6) is 1.87. The van der Waals surface area contributed by atoms with Crippen molar-refractivity contribution in [2.24, 2.45) is 0 Å². The summed E-state index contributed by atoms with van der Waals surface area (Å²) in [6, 6.07) is 10.2. The van der Waals surface area contributed by atoms with Crippen LogP contribution in [0.2, 0.25) is 5.02 Å². The minimum atomic E-state index is -0.392. The maximum absolute atomic E-state index is 12.6. The van der Waals surface area contributed by atoms with Crippen molar-refractivity contribution >= 4 is 29.0 Å². The van der Waals surface area contributed by atoms with Crippen LogP contribution in [0.1, 0.15) is 22.1 Å². The predicted molar refractivity (Wildman–Crippen MR) is 98.8 cm³/mol. The van der Waals surface area contributed by atoms with Gasteiger partial charge in [-0.3, -0.25) is 4.79 Å². The maximum atomic E-state index is 12.6. The van der Waals surface area contributed by atoms with Gasteiger partial charge in [0.15, 0.2) is 0 Å². The predicted octanol–water partition coefficient (Wildman–Crippen LogP) is 3.90. The summed E-state index contributed by atoms with van der Waals surface area (Å²) in [6.45, 7) is 2.17. The zero-order chi connectivity index (χ0) is 18.5. The van der Waals surface area contributed by atoms with Crippen molar-refractivity contribution in [3.63, 3.8) is 0 Å². The number of anilines is 2. The number of furan rings is 1. The van der Waals surface area contributed by atoms with Crippen molar-refractivity contribution in [1.29, 1.82) is 0 Å². The first kappa shape index (κ1) is 17.8. The van der Waals surface area contributed by atoms with E-state index in [4.69, 9.17) is 20.8 Å². The van der Waals surface area contributed by atoms with Crippen molar-refractivity contribution < 1.29 is 13.9 Å². The number of nitrogens with one attached hydrogen (secondary N) is 2. The molecule has 3 aromatic rings. The van der Waals surface area contributed by atoms with Gasteiger partial charge in [-0.25, -0.2) is 9.97 Å². The van der Waals surface area contributed by atoms with E-state index in [2.05, 4.69) is 20.6 Å². The fraction of sp³-hybridized carbons (Fsp3) is 0.167. The lowest BCUT2D eigenvalue weighted by Gasteiger charge is -2.11. The van der Waals surface area contributed by atoms with Gasteiger partial charge in [0, 0.05) is 11.1 Å². The number of benzene rings is 1. The number of halogens is 1. The van der Waals surface area contributed by atoms with Gasteiger partial charge in [-0.2, -0.15) is 0 Å². The molecule has 2 heterocycles. The van der Waals surface area contributed by atoms with Gasteiger partial charge < -0.3 is 19.8 Å². The van der Waals surface area contributed by atoms with Crippen LogP contribution >= 0.6 is 11.6 Å². The second kappa shape index (κ2) is 7.88. The monoisotopic (exact) mass is 372 g/mol. The van der Waals surface area contributed by atoms with Crippen molar-refractivity contribution in [2.75, 3.05) is 17.7 Å². The van der Waals surface area contributed by atoms with Crippen molar-refractivity contribution in [1.82, 2.24) is 9.97 Å². The summed E-state index contributed by atoms with van der Waals surface area (Å²) >= 11 is 5.99. The lowest BCUT2D eigenvalue weighted by atomic mass is 10.2. The highest BCUT2D eigenvalue weighted by molar-refractivity contribution is 6.31. The van der Waals surface area contributed by atoms with Crippen molar-refractivity contribution in [3.05, 3.63) is 65.0 Å². The molecule has 0 aliphatic heterocycles. The molecule has 0 atom stereocenters. The average Bonchev–Trinajstić information content (AvgIpc) is 3.13. The van der Waals surface area contributed by atoms with Gasteiger partial charge in [-0.1, -0.05) is 11.6 Å². The zero-order valence-corrected chi connectivity index (χ0v) is 15.0. The van der Waals surface area contributed by atoms with Crippen molar-refractivity contribution in [3.8, 4) is 5.75 Å². The minimum absolute atomic E-state index is 0.224. The van der Waals surface area contributed by atoms with Crippen LogP contribution in [0.25, 0.3) is 0 Å². The number of ether oxygens (including phenoxy) is 1. The highest BCUT2D eigenvalue weighted by Gasteiger charge is 2.14. The molecule has 0 saturated carbocycles. The summed E-state index contributed by atoms with van der Waals surface area (Å²) in [4.78, 5) is 21.1. The van der Waals surface area contributed by atoms with Crippen LogP contribution in [-0.4, -0.2) is 23.0 Å². The van der Waals surface area contributed by atoms with Gasteiger partial charge in [0.25, 0.3) is 5.91 Å². The molecule has 2 N–H and O–H groups in total. The normalized spacial score (nSPS) is 10.4. The van der Waals surface area contributed by atoms with E-state index in [9.17, 15) is 4.79 Å². The van der Waals surface area contributed by atoms with Crippen LogP contribution in [0.15, 0.2) is 47.1 Å². The summed E-state index contributed by atoms with van der Waals surface area (Å²) in [5, 5.41) is 6.35. The zero-order valence-electron chi connectivity index (χ0n) is 14.2. The quantitative estimate of drug-likeness (QED) is 0.682. The van der Waals surface area contributed by atoms with E-state index < -0.39 is 5.91 Å². The molecule has 26 heavy (non-hydrogen) atoms. The topological polar surface area (TPSA) is 89.3 Å². The summed E-state index contributed by atoms with van der Waals surface area (Å²) in [5.41, 5.74) is 0.688. The van der Waals surface area contributed by atoms with Crippen LogP contribution in [0.3, 0.4) is 0 Å². The van der Waals surface area contributed by atoms with Gasteiger partial charge >= 0.3 is 0 Å². The molecule has 0 spiro atoms. The van der Waals surface area contributed by atoms with Gasteiger partial charge in [-0.05, 0) is 37.3 Å². The van der Waals surface area contributed by atoms with E-state index in [1.54, 1.807) is 43.5 Å². The van der Waals surface area contributed by atoms with E-state index >= 15 is 0 Å².